The van der Waals surface area contributed by atoms with Gasteiger partial charge in [0.15, 0.2) is 0 Å². The number of aliphatic imine (C=N–C) groups is 1. The summed E-state index contributed by atoms with van der Waals surface area (Å²) in [6.45, 7) is 8.77. The van der Waals surface area contributed by atoms with Gasteiger partial charge in [-0.3, -0.25) is 4.90 Å². The molecule has 4 heteroatoms. The summed E-state index contributed by atoms with van der Waals surface area (Å²) in [5, 5.41) is 0. The van der Waals surface area contributed by atoms with Crippen LogP contribution < -0.4 is 5.73 Å². The molecule has 2 rings (SSSR count). The van der Waals surface area contributed by atoms with Gasteiger partial charge in [0.25, 0.3) is 0 Å². The van der Waals surface area contributed by atoms with Gasteiger partial charge in [-0.1, -0.05) is 33.1 Å². The number of carbonyl (C=O) groups excluding carboxylic acids is 1. The van der Waals surface area contributed by atoms with E-state index < -0.39 is 5.54 Å². The quantitative estimate of drug-likeness (QED) is 0.811. The molecule has 2 aliphatic rings. The lowest BCUT2D eigenvalue weighted by atomic mass is 9.65. The fourth-order valence-corrected chi connectivity index (χ4v) is 3.84. The van der Waals surface area contributed by atoms with Crippen LogP contribution in [0.2, 0.25) is 0 Å². The summed E-state index contributed by atoms with van der Waals surface area (Å²) in [4.78, 5) is 17.9. The van der Waals surface area contributed by atoms with Crippen LogP contribution in [0.3, 0.4) is 0 Å². The molecule has 1 aliphatic carbocycles. The minimum Gasteiger partial charge on any atom is -0.385 e. The van der Waals surface area contributed by atoms with Gasteiger partial charge in [-0.25, -0.2) is 4.79 Å². The number of hydrogen-bond donors (Lipinski definition) is 1. The van der Waals surface area contributed by atoms with Crippen molar-refractivity contribution in [2.45, 2.75) is 71.4 Å². The Morgan fingerprint density at radius 2 is 2.10 bits per heavy atom. The Balaban J connectivity index is 2.22. The molecule has 0 bridgehead atoms. The molecule has 0 radical (unpaired) electrons. The van der Waals surface area contributed by atoms with Gasteiger partial charge in [0.1, 0.15) is 11.4 Å². The third kappa shape index (κ3) is 2.43. The minimum absolute atomic E-state index is 0.266. The van der Waals surface area contributed by atoms with Crippen molar-refractivity contribution in [2.24, 2.45) is 22.1 Å². The molecule has 21 heavy (non-hydrogen) atoms. The van der Waals surface area contributed by atoms with Crippen molar-refractivity contribution < 1.29 is 4.79 Å². The van der Waals surface area contributed by atoms with E-state index in [1.165, 1.54) is 0 Å². The Bertz CT molecular complexity index is 493. The first-order chi connectivity index (χ1) is 9.78. The molecular weight excluding hydrogens is 262 g/mol. The minimum atomic E-state index is -0.441. The van der Waals surface area contributed by atoms with E-state index in [4.69, 9.17) is 12.2 Å². The van der Waals surface area contributed by atoms with Gasteiger partial charge in [0.05, 0.1) is 6.04 Å². The van der Waals surface area contributed by atoms with Crippen LogP contribution in [0.1, 0.15) is 59.8 Å². The van der Waals surface area contributed by atoms with Gasteiger partial charge >= 0.3 is 6.03 Å². The molecule has 0 saturated heterocycles. The van der Waals surface area contributed by atoms with Gasteiger partial charge in [-0.15, -0.1) is 6.42 Å². The Hall–Kier alpha value is -1.50. The number of nitrogens with zero attached hydrogens (tertiary/aromatic N) is 2. The molecule has 1 saturated carbocycles. The summed E-state index contributed by atoms with van der Waals surface area (Å²) in [6, 6.07) is -0.538. The zero-order valence-corrected chi connectivity index (χ0v) is 13.6. The van der Waals surface area contributed by atoms with Gasteiger partial charge in [-0.2, -0.15) is 4.99 Å². The molecule has 1 unspecified atom stereocenters. The maximum Gasteiger partial charge on any atom is 0.347 e. The van der Waals surface area contributed by atoms with Crippen LogP contribution in [-0.2, 0) is 0 Å². The van der Waals surface area contributed by atoms with Crippen LogP contribution >= 0.6 is 0 Å². The van der Waals surface area contributed by atoms with Crippen molar-refractivity contribution in [3.8, 4) is 12.3 Å². The van der Waals surface area contributed by atoms with E-state index in [0.29, 0.717) is 17.2 Å². The van der Waals surface area contributed by atoms with E-state index in [0.717, 1.165) is 32.1 Å². The average Bonchev–Trinajstić information content (AvgIpc) is 2.69. The normalized spacial score (nSPS) is 31.2. The standard InChI is InChI=1S/C17H27N3O/c1-6-12(3)20-15(21)19-14(18)17(20)10-8-13(9-11-17)16(4,5)7-2/h1,12-13H,7-11H2,2-5H3,(H2,18,19,21). The maximum absolute atomic E-state index is 12.2. The van der Waals surface area contributed by atoms with E-state index in [1.807, 2.05) is 6.92 Å². The Morgan fingerprint density at radius 3 is 2.57 bits per heavy atom. The first kappa shape index (κ1) is 15.9. The lowest BCUT2D eigenvalue weighted by Crippen LogP contribution is -2.59. The third-order valence-corrected chi connectivity index (χ3v) is 5.82. The first-order valence-electron chi connectivity index (χ1n) is 7.92. The number of amidine groups is 1. The highest BCUT2D eigenvalue weighted by Crippen LogP contribution is 2.47. The van der Waals surface area contributed by atoms with Crippen LogP contribution in [0.25, 0.3) is 0 Å². The Morgan fingerprint density at radius 1 is 1.52 bits per heavy atom. The van der Waals surface area contributed by atoms with Crippen molar-refractivity contribution in [1.29, 1.82) is 0 Å². The van der Waals surface area contributed by atoms with Crippen LogP contribution in [0.15, 0.2) is 4.99 Å². The fraction of sp³-hybridized carbons (Fsp3) is 0.765. The molecule has 0 aromatic heterocycles. The molecule has 1 heterocycles. The molecule has 1 aliphatic heterocycles. The zero-order chi connectivity index (χ0) is 15.8. The highest BCUT2D eigenvalue weighted by Gasteiger charge is 2.52. The average molecular weight is 289 g/mol. The molecule has 1 spiro atoms. The fourth-order valence-electron chi connectivity index (χ4n) is 3.84. The highest BCUT2D eigenvalue weighted by molar-refractivity contribution is 6.06. The number of rotatable bonds is 3. The van der Waals surface area contributed by atoms with E-state index >= 15 is 0 Å². The summed E-state index contributed by atoms with van der Waals surface area (Å²) in [6.07, 6.45) is 10.6. The van der Waals surface area contributed by atoms with Crippen LogP contribution in [0.5, 0.6) is 0 Å². The van der Waals surface area contributed by atoms with Gasteiger partial charge in [-0.05, 0) is 43.9 Å². The van der Waals surface area contributed by atoms with E-state index in [-0.39, 0.29) is 12.1 Å². The van der Waals surface area contributed by atoms with Gasteiger partial charge in [0, 0.05) is 0 Å². The van der Waals surface area contributed by atoms with Crippen molar-refractivity contribution in [3.63, 3.8) is 0 Å². The van der Waals surface area contributed by atoms with E-state index in [9.17, 15) is 4.79 Å². The van der Waals surface area contributed by atoms with Crippen molar-refractivity contribution in [1.82, 2.24) is 4.90 Å². The SMILES string of the molecule is C#CC(C)N1C(=O)N=C(N)C12CCC(C(C)(C)CC)CC2. The van der Waals surface area contributed by atoms with Gasteiger partial charge in [0.2, 0.25) is 0 Å². The summed E-state index contributed by atoms with van der Waals surface area (Å²) >= 11 is 0. The summed E-state index contributed by atoms with van der Waals surface area (Å²) in [5.41, 5.74) is 6.01. The molecule has 1 fully saturated rings. The smallest absolute Gasteiger partial charge is 0.347 e. The maximum atomic E-state index is 12.2. The number of urea groups is 1. The predicted molar refractivity (Wildman–Crippen MR) is 85.9 cm³/mol. The molecule has 2 amide bonds. The molecule has 4 nitrogen and oxygen atoms in total. The first-order valence-corrected chi connectivity index (χ1v) is 7.92. The largest absolute Gasteiger partial charge is 0.385 e. The topological polar surface area (TPSA) is 58.7 Å². The van der Waals surface area contributed by atoms with Crippen LogP contribution in [0, 0.1) is 23.7 Å². The molecule has 116 valence electrons. The van der Waals surface area contributed by atoms with Crippen molar-refractivity contribution in [3.05, 3.63) is 0 Å². The summed E-state index contributed by atoms with van der Waals surface area (Å²) in [7, 11) is 0. The number of carbonyl (C=O) groups is 1. The number of terminal acetylenes is 1. The summed E-state index contributed by atoms with van der Waals surface area (Å²) in [5.74, 6) is 3.79. The Kier molecular flexibility index (Phi) is 4.06. The lowest BCUT2D eigenvalue weighted by molar-refractivity contribution is 0.0727. The lowest BCUT2D eigenvalue weighted by Gasteiger charge is -2.47. The molecular formula is C17H27N3O. The van der Waals surface area contributed by atoms with Crippen LogP contribution in [-0.4, -0.2) is 28.3 Å². The third-order valence-electron chi connectivity index (χ3n) is 5.82. The van der Waals surface area contributed by atoms with E-state index in [1.54, 1.807) is 4.90 Å². The number of amides is 2. The van der Waals surface area contributed by atoms with Crippen LogP contribution in [0.4, 0.5) is 4.79 Å². The monoisotopic (exact) mass is 289 g/mol. The molecule has 0 aromatic carbocycles. The molecule has 0 aromatic rings. The number of hydrogen-bond acceptors (Lipinski definition) is 2. The van der Waals surface area contributed by atoms with Gasteiger partial charge < -0.3 is 5.73 Å². The number of nitrogens with two attached hydrogens (primary N) is 1. The molecule has 2 N–H and O–H groups in total. The molecule has 1 atom stereocenters. The van der Waals surface area contributed by atoms with E-state index in [2.05, 4.69) is 31.7 Å². The highest BCUT2D eigenvalue weighted by atomic mass is 16.2. The zero-order valence-electron chi connectivity index (χ0n) is 13.6. The second kappa shape index (κ2) is 5.36. The second-order valence-corrected chi connectivity index (χ2v) is 7.14. The second-order valence-electron chi connectivity index (χ2n) is 7.14. The Labute approximate surface area is 128 Å². The predicted octanol–water partition coefficient (Wildman–Crippen LogP) is 3.17. The van der Waals surface area contributed by atoms with Crippen molar-refractivity contribution in [2.75, 3.05) is 0 Å². The summed E-state index contributed by atoms with van der Waals surface area (Å²) < 4.78 is 0. The van der Waals surface area contributed by atoms with Crippen molar-refractivity contribution >= 4 is 11.9 Å².